The zero-order chi connectivity index (χ0) is 17.4. The summed E-state index contributed by atoms with van der Waals surface area (Å²) in [5.41, 5.74) is 1.32. The van der Waals surface area contributed by atoms with E-state index in [1.165, 1.54) is 18.4 Å². The highest BCUT2D eigenvalue weighted by atomic mass is 16.6. The van der Waals surface area contributed by atoms with E-state index in [1.54, 1.807) is 0 Å². The van der Waals surface area contributed by atoms with E-state index >= 15 is 0 Å². The topological polar surface area (TPSA) is 43.4 Å². The van der Waals surface area contributed by atoms with Crippen molar-refractivity contribution in [1.82, 2.24) is 0 Å². The SMILES string of the molecule is C[C@]12CCC(=O)C=C1C=C[C@@H]1[C@@H]2CC[C@]2(C)[C@H]1CC[C@]21CCC(=O)O1. The van der Waals surface area contributed by atoms with Crippen LogP contribution in [0.25, 0.3) is 0 Å². The van der Waals surface area contributed by atoms with Crippen LogP contribution in [0, 0.1) is 28.6 Å². The van der Waals surface area contributed by atoms with Gasteiger partial charge in [0, 0.05) is 18.3 Å². The normalized spacial score (nSPS) is 51.0. The van der Waals surface area contributed by atoms with Gasteiger partial charge in [0.25, 0.3) is 0 Å². The van der Waals surface area contributed by atoms with Crippen LogP contribution in [0.15, 0.2) is 23.8 Å². The molecular formula is C22H28O3. The number of rotatable bonds is 0. The van der Waals surface area contributed by atoms with Crippen molar-refractivity contribution in [3.8, 4) is 0 Å². The second-order valence-electron chi connectivity index (χ2n) is 9.60. The van der Waals surface area contributed by atoms with E-state index in [0.29, 0.717) is 30.6 Å². The molecule has 134 valence electrons. The van der Waals surface area contributed by atoms with Gasteiger partial charge in [0.15, 0.2) is 5.78 Å². The summed E-state index contributed by atoms with van der Waals surface area (Å²) in [4.78, 5) is 23.8. The van der Waals surface area contributed by atoms with E-state index in [4.69, 9.17) is 4.74 Å². The Hall–Kier alpha value is -1.38. The number of carbonyl (C=O) groups excluding carboxylic acids is 2. The van der Waals surface area contributed by atoms with Gasteiger partial charge < -0.3 is 4.74 Å². The fraction of sp³-hybridized carbons (Fsp3) is 0.727. The Morgan fingerprint density at radius 2 is 1.80 bits per heavy atom. The Balaban J connectivity index is 1.53. The summed E-state index contributed by atoms with van der Waals surface area (Å²) in [5.74, 6) is 2.08. The molecule has 4 aliphatic carbocycles. The summed E-state index contributed by atoms with van der Waals surface area (Å²) >= 11 is 0. The van der Waals surface area contributed by atoms with Crippen LogP contribution in [0.2, 0.25) is 0 Å². The number of allylic oxidation sites excluding steroid dienone is 4. The van der Waals surface area contributed by atoms with E-state index in [0.717, 1.165) is 25.7 Å². The molecule has 1 aliphatic heterocycles. The Bertz CT molecular complexity index is 719. The minimum atomic E-state index is -0.201. The molecule has 0 aromatic carbocycles. The minimum absolute atomic E-state index is 0.00570. The van der Waals surface area contributed by atoms with Crippen LogP contribution in [0.1, 0.15) is 65.2 Å². The third kappa shape index (κ3) is 1.88. The summed E-state index contributed by atoms with van der Waals surface area (Å²) in [7, 11) is 0. The summed E-state index contributed by atoms with van der Waals surface area (Å²) < 4.78 is 5.99. The number of carbonyl (C=O) groups is 2. The highest BCUT2D eigenvalue weighted by Crippen LogP contribution is 2.68. The summed E-state index contributed by atoms with van der Waals surface area (Å²) in [6.45, 7) is 4.78. The second kappa shape index (κ2) is 4.86. The first kappa shape index (κ1) is 15.8. The van der Waals surface area contributed by atoms with Gasteiger partial charge in [-0.15, -0.1) is 0 Å². The molecule has 6 atom stereocenters. The molecular weight excluding hydrogens is 312 g/mol. The maximum absolute atomic E-state index is 11.9. The third-order valence-electron chi connectivity index (χ3n) is 8.85. The average Bonchev–Trinajstić information content (AvgIpc) is 3.10. The predicted octanol–water partition coefficient (Wildman–Crippen LogP) is 4.37. The van der Waals surface area contributed by atoms with Crippen LogP contribution in [0.3, 0.4) is 0 Å². The van der Waals surface area contributed by atoms with Gasteiger partial charge in [-0.05, 0) is 73.3 Å². The molecule has 0 N–H and O–H groups in total. The van der Waals surface area contributed by atoms with Gasteiger partial charge in [-0.25, -0.2) is 0 Å². The average molecular weight is 340 g/mol. The maximum atomic E-state index is 11.9. The van der Waals surface area contributed by atoms with Crippen molar-refractivity contribution in [2.75, 3.05) is 0 Å². The molecule has 25 heavy (non-hydrogen) atoms. The van der Waals surface area contributed by atoms with Crippen LogP contribution in [0.5, 0.6) is 0 Å². The summed E-state index contributed by atoms with van der Waals surface area (Å²) in [5, 5.41) is 0. The van der Waals surface area contributed by atoms with Crippen molar-refractivity contribution in [3.05, 3.63) is 23.8 Å². The number of hydrogen-bond donors (Lipinski definition) is 0. The van der Waals surface area contributed by atoms with E-state index in [2.05, 4.69) is 26.0 Å². The van der Waals surface area contributed by atoms with Gasteiger partial charge in [0.05, 0.1) is 0 Å². The predicted molar refractivity (Wildman–Crippen MR) is 94.7 cm³/mol. The molecule has 5 aliphatic rings. The standard InChI is InChI=1S/C22H28O3/c1-20-9-5-15(23)13-14(20)3-4-16-17(20)6-10-21(2)18(16)7-11-22(21)12-8-19(24)25-22/h3-4,13,16-18H,5-12H2,1-2H3/t16-,17+,18+,20+,21-,22+/m1/s1. The summed E-state index contributed by atoms with van der Waals surface area (Å²) in [6, 6.07) is 0. The molecule has 1 saturated heterocycles. The van der Waals surface area contributed by atoms with Crippen LogP contribution >= 0.6 is 0 Å². The van der Waals surface area contributed by atoms with Crippen molar-refractivity contribution < 1.29 is 14.3 Å². The molecule has 1 spiro atoms. The van der Waals surface area contributed by atoms with Gasteiger partial charge in [-0.1, -0.05) is 26.0 Å². The maximum Gasteiger partial charge on any atom is 0.306 e. The van der Waals surface area contributed by atoms with Crippen molar-refractivity contribution in [1.29, 1.82) is 0 Å². The zero-order valence-electron chi connectivity index (χ0n) is 15.3. The van der Waals surface area contributed by atoms with Gasteiger partial charge in [-0.2, -0.15) is 0 Å². The second-order valence-corrected chi connectivity index (χ2v) is 9.60. The fourth-order valence-electron chi connectivity index (χ4n) is 7.29. The van der Waals surface area contributed by atoms with Crippen molar-refractivity contribution in [2.24, 2.45) is 28.6 Å². The summed E-state index contributed by atoms with van der Waals surface area (Å²) in [6.07, 6.45) is 14.3. The molecule has 1 heterocycles. The van der Waals surface area contributed by atoms with Crippen LogP contribution in [-0.2, 0) is 14.3 Å². The van der Waals surface area contributed by atoms with Gasteiger partial charge >= 0.3 is 5.97 Å². The van der Waals surface area contributed by atoms with Crippen molar-refractivity contribution in [2.45, 2.75) is 70.8 Å². The lowest BCUT2D eigenvalue weighted by molar-refractivity contribution is -0.165. The lowest BCUT2D eigenvalue weighted by Crippen LogP contribution is -2.53. The van der Waals surface area contributed by atoms with E-state index in [1.807, 2.05) is 6.08 Å². The monoisotopic (exact) mass is 340 g/mol. The largest absolute Gasteiger partial charge is 0.458 e. The molecule has 0 radical (unpaired) electrons. The van der Waals surface area contributed by atoms with E-state index < -0.39 is 0 Å². The number of hydrogen-bond acceptors (Lipinski definition) is 3. The zero-order valence-corrected chi connectivity index (χ0v) is 15.3. The number of ether oxygens (including phenoxy) is 1. The minimum Gasteiger partial charge on any atom is -0.458 e. The smallest absolute Gasteiger partial charge is 0.306 e. The highest BCUT2D eigenvalue weighted by molar-refractivity contribution is 5.92. The first-order valence-corrected chi connectivity index (χ1v) is 10.0. The fourth-order valence-corrected chi connectivity index (χ4v) is 7.29. The molecule has 0 aromatic heterocycles. The molecule has 3 fully saturated rings. The quantitative estimate of drug-likeness (QED) is 0.615. The molecule has 0 bridgehead atoms. The highest BCUT2D eigenvalue weighted by Gasteiger charge is 2.66. The molecule has 3 nitrogen and oxygen atoms in total. The van der Waals surface area contributed by atoms with Gasteiger partial charge in [-0.3, -0.25) is 9.59 Å². The number of ketones is 1. The molecule has 0 unspecified atom stereocenters. The Morgan fingerprint density at radius 3 is 2.56 bits per heavy atom. The first-order valence-electron chi connectivity index (χ1n) is 10.0. The van der Waals surface area contributed by atoms with Crippen molar-refractivity contribution in [3.63, 3.8) is 0 Å². The molecule has 2 saturated carbocycles. The van der Waals surface area contributed by atoms with E-state index in [-0.39, 0.29) is 28.2 Å². The van der Waals surface area contributed by atoms with E-state index in [9.17, 15) is 9.59 Å². The Labute approximate surface area is 149 Å². The Morgan fingerprint density at radius 1 is 1.00 bits per heavy atom. The molecule has 0 aromatic rings. The van der Waals surface area contributed by atoms with Gasteiger partial charge in [0.2, 0.25) is 0 Å². The molecule has 3 heteroatoms. The number of fused-ring (bicyclic) bond motifs is 6. The van der Waals surface area contributed by atoms with Crippen LogP contribution < -0.4 is 0 Å². The lowest BCUT2D eigenvalue weighted by Gasteiger charge is -2.57. The van der Waals surface area contributed by atoms with Crippen LogP contribution in [-0.4, -0.2) is 17.4 Å². The number of esters is 1. The van der Waals surface area contributed by atoms with Crippen molar-refractivity contribution >= 4 is 11.8 Å². The lowest BCUT2D eigenvalue weighted by atomic mass is 9.48. The molecule has 5 rings (SSSR count). The van der Waals surface area contributed by atoms with Crippen LogP contribution in [0.4, 0.5) is 0 Å². The molecule has 0 amide bonds. The van der Waals surface area contributed by atoms with Gasteiger partial charge in [0.1, 0.15) is 5.60 Å². The first-order chi connectivity index (χ1) is 11.9. The Kier molecular flexibility index (Phi) is 3.08. The third-order valence-corrected chi connectivity index (χ3v) is 8.85.